The fraction of sp³-hybridized carbons (Fsp3) is 0.625. The zero-order valence-electron chi connectivity index (χ0n) is 8.13. The molecular formula is C8H13N3O3S. The number of aromatic nitrogens is 2. The highest BCUT2D eigenvalue weighted by molar-refractivity contribution is 7.89. The third kappa shape index (κ3) is 2.04. The molecule has 0 radical (unpaired) electrons. The van der Waals surface area contributed by atoms with Crippen LogP contribution in [0.4, 0.5) is 0 Å². The number of aliphatic hydroxyl groups is 1. The van der Waals surface area contributed by atoms with Gasteiger partial charge in [0.2, 0.25) is 10.0 Å². The predicted octanol–water partition coefficient (Wildman–Crippen LogP) is -0.445. The Bertz CT molecular complexity index is 414. The molecule has 1 aliphatic rings. The summed E-state index contributed by atoms with van der Waals surface area (Å²) in [6.45, 7) is 0.637. The molecule has 0 amide bonds. The zero-order valence-corrected chi connectivity index (χ0v) is 8.94. The monoisotopic (exact) mass is 231 g/mol. The number of aliphatic hydroxyl groups excluding tert-OH is 1. The molecule has 0 aromatic carbocycles. The third-order valence-corrected chi connectivity index (χ3v) is 4.30. The maximum Gasteiger partial charge on any atom is 0.246 e. The van der Waals surface area contributed by atoms with Gasteiger partial charge < -0.3 is 5.11 Å². The molecular weight excluding hydrogens is 218 g/mol. The van der Waals surface area contributed by atoms with Crippen molar-refractivity contribution in [3.8, 4) is 0 Å². The molecule has 1 aromatic heterocycles. The van der Waals surface area contributed by atoms with Crippen molar-refractivity contribution in [1.82, 2.24) is 14.5 Å². The van der Waals surface area contributed by atoms with E-state index in [0.29, 0.717) is 19.4 Å². The van der Waals surface area contributed by atoms with Crippen molar-refractivity contribution >= 4 is 10.0 Å². The van der Waals surface area contributed by atoms with Crippen LogP contribution in [0.2, 0.25) is 0 Å². The first-order chi connectivity index (χ1) is 7.10. The molecule has 1 aromatic rings. The van der Waals surface area contributed by atoms with Gasteiger partial charge in [0.15, 0.2) is 0 Å². The van der Waals surface area contributed by atoms with Crippen molar-refractivity contribution in [2.45, 2.75) is 23.8 Å². The summed E-state index contributed by atoms with van der Waals surface area (Å²) in [4.78, 5) is 0.150. The normalized spacial score (nSPS) is 24.2. The topological polar surface area (TPSA) is 86.3 Å². The van der Waals surface area contributed by atoms with E-state index in [1.54, 1.807) is 0 Å². The Morgan fingerprint density at radius 2 is 2.40 bits per heavy atom. The summed E-state index contributed by atoms with van der Waals surface area (Å²) in [7, 11) is -3.47. The van der Waals surface area contributed by atoms with Crippen molar-refractivity contribution in [2.75, 3.05) is 13.1 Å². The predicted molar refractivity (Wildman–Crippen MR) is 52.6 cm³/mol. The number of hydrogen-bond donors (Lipinski definition) is 2. The van der Waals surface area contributed by atoms with Gasteiger partial charge >= 0.3 is 0 Å². The SMILES string of the molecule is O=S(=O)(c1cn[nH]c1)N1CCCC(O)C1. The first-order valence-electron chi connectivity index (χ1n) is 4.78. The molecule has 7 heteroatoms. The summed E-state index contributed by atoms with van der Waals surface area (Å²) in [5, 5.41) is 15.5. The Morgan fingerprint density at radius 1 is 1.60 bits per heavy atom. The second-order valence-electron chi connectivity index (χ2n) is 3.59. The molecule has 0 bridgehead atoms. The summed E-state index contributed by atoms with van der Waals surface area (Å²) in [5.41, 5.74) is 0. The summed E-state index contributed by atoms with van der Waals surface area (Å²) < 4.78 is 25.2. The highest BCUT2D eigenvalue weighted by atomic mass is 32.2. The number of sulfonamides is 1. The average molecular weight is 231 g/mol. The van der Waals surface area contributed by atoms with E-state index < -0.39 is 16.1 Å². The van der Waals surface area contributed by atoms with Gasteiger partial charge in [0.25, 0.3) is 0 Å². The number of nitrogens with one attached hydrogen (secondary N) is 1. The number of aromatic amines is 1. The fourth-order valence-electron chi connectivity index (χ4n) is 1.67. The van der Waals surface area contributed by atoms with Crippen molar-refractivity contribution in [3.63, 3.8) is 0 Å². The molecule has 1 unspecified atom stereocenters. The summed E-state index contributed by atoms with van der Waals surface area (Å²) in [5.74, 6) is 0. The Morgan fingerprint density at radius 3 is 3.00 bits per heavy atom. The van der Waals surface area contributed by atoms with E-state index >= 15 is 0 Å². The van der Waals surface area contributed by atoms with E-state index in [-0.39, 0.29) is 11.4 Å². The maximum absolute atomic E-state index is 11.9. The second kappa shape index (κ2) is 3.92. The zero-order chi connectivity index (χ0) is 10.9. The third-order valence-electron chi connectivity index (χ3n) is 2.47. The lowest BCUT2D eigenvalue weighted by atomic mass is 10.1. The summed E-state index contributed by atoms with van der Waals surface area (Å²) >= 11 is 0. The van der Waals surface area contributed by atoms with E-state index in [9.17, 15) is 13.5 Å². The summed E-state index contributed by atoms with van der Waals surface area (Å²) in [6.07, 6.45) is 3.42. The van der Waals surface area contributed by atoms with Gasteiger partial charge in [-0.3, -0.25) is 5.10 Å². The van der Waals surface area contributed by atoms with Crippen molar-refractivity contribution < 1.29 is 13.5 Å². The number of piperidine rings is 1. The van der Waals surface area contributed by atoms with E-state index in [2.05, 4.69) is 10.2 Å². The number of nitrogens with zero attached hydrogens (tertiary/aromatic N) is 2. The molecule has 1 aliphatic heterocycles. The molecule has 2 rings (SSSR count). The van der Waals surface area contributed by atoms with Crippen LogP contribution in [-0.4, -0.2) is 47.2 Å². The number of rotatable bonds is 2. The van der Waals surface area contributed by atoms with Crippen LogP contribution >= 0.6 is 0 Å². The molecule has 0 saturated carbocycles. The van der Waals surface area contributed by atoms with Crippen LogP contribution in [0.3, 0.4) is 0 Å². The second-order valence-corrected chi connectivity index (χ2v) is 5.53. The van der Waals surface area contributed by atoms with Crippen LogP contribution in [0.25, 0.3) is 0 Å². The highest BCUT2D eigenvalue weighted by Crippen LogP contribution is 2.19. The van der Waals surface area contributed by atoms with Crippen LogP contribution in [0.5, 0.6) is 0 Å². The van der Waals surface area contributed by atoms with E-state index in [1.807, 2.05) is 0 Å². The van der Waals surface area contributed by atoms with E-state index in [1.165, 1.54) is 16.7 Å². The first-order valence-corrected chi connectivity index (χ1v) is 6.22. The van der Waals surface area contributed by atoms with Gasteiger partial charge in [-0.05, 0) is 12.8 Å². The number of β-amino-alcohol motifs (C(OH)–C–C–N with tert-alkyl or cyclic N) is 1. The van der Waals surface area contributed by atoms with Crippen molar-refractivity contribution in [3.05, 3.63) is 12.4 Å². The van der Waals surface area contributed by atoms with Gasteiger partial charge in [0, 0.05) is 19.3 Å². The minimum atomic E-state index is -3.47. The van der Waals surface area contributed by atoms with Gasteiger partial charge in [0.1, 0.15) is 4.90 Å². The molecule has 6 nitrogen and oxygen atoms in total. The van der Waals surface area contributed by atoms with Crippen LogP contribution in [0, 0.1) is 0 Å². The quantitative estimate of drug-likeness (QED) is 0.722. The minimum Gasteiger partial charge on any atom is -0.392 e. The van der Waals surface area contributed by atoms with Crippen LogP contribution in [0.15, 0.2) is 17.3 Å². The van der Waals surface area contributed by atoms with Crippen LogP contribution in [0.1, 0.15) is 12.8 Å². The smallest absolute Gasteiger partial charge is 0.246 e. The van der Waals surface area contributed by atoms with Crippen LogP contribution in [-0.2, 0) is 10.0 Å². The number of hydrogen-bond acceptors (Lipinski definition) is 4. The number of H-pyrrole nitrogens is 1. The van der Waals surface area contributed by atoms with Crippen molar-refractivity contribution in [1.29, 1.82) is 0 Å². The summed E-state index contributed by atoms with van der Waals surface area (Å²) in [6, 6.07) is 0. The molecule has 1 atom stereocenters. The molecule has 0 aliphatic carbocycles. The minimum absolute atomic E-state index is 0.150. The Labute approximate surface area is 88.0 Å². The van der Waals surface area contributed by atoms with Crippen LogP contribution < -0.4 is 0 Å². The molecule has 1 fully saturated rings. The van der Waals surface area contributed by atoms with Gasteiger partial charge in [-0.1, -0.05) is 0 Å². The first kappa shape index (κ1) is 10.6. The molecule has 15 heavy (non-hydrogen) atoms. The Balaban J connectivity index is 2.22. The van der Waals surface area contributed by atoms with Gasteiger partial charge in [-0.2, -0.15) is 9.40 Å². The lowest BCUT2D eigenvalue weighted by molar-refractivity contribution is 0.108. The fourth-order valence-corrected chi connectivity index (χ4v) is 3.09. The van der Waals surface area contributed by atoms with E-state index in [4.69, 9.17) is 0 Å². The Kier molecular flexibility index (Phi) is 2.76. The Hall–Kier alpha value is -0.920. The van der Waals surface area contributed by atoms with Gasteiger partial charge in [0.05, 0.1) is 12.3 Å². The largest absolute Gasteiger partial charge is 0.392 e. The van der Waals surface area contributed by atoms with Gasteiger partial charge in [-0.15, -0.1) is 0 Å². The molecule has 2 heterocycles. The average Bonchev–Trinajstić information content (AvgIpc) is 2.71. The van der Waals surface area contributed by atoms with Crippen molar-refractivity contribution in [2.24, 2.45) is 0 Å². The maximum atomic E-state index is 11.9. The molecule has 2 N–H and O–H groups in total. The lowest BCUT2D eigenvalue weighted by Crippen LogP contribution is -2.41. The lowest BCUT2D eigenvalue weighted by Gasteiger charge is -2.28. The molecule has 0 spiro atoms. The van der Waals surface area contributed by atoms with Gasteiger partial charge in [-0.25, -0.2) is 8.42 Å². The standard InChI is InChI=1S/C8H13N3O3S/c12-7-2-1-3-11(6-7)15(13,14)8-4-9-10-5-8/h4-5,7,12H,1-3,6H2,(H,9,10). The molecule has 84 valence electrons. The van der Waals surface area contributed by atoms with E-state index in [0.717, 1.165) is 0 Å². The highest BCUT2D eigenvalue weighted by Gasteiger charge is 2.29. The molecule has 1 saturated heterocycles.